The summed E-state index contributed by atoms with van der Waals surface area (Å²) in [6.07, 6.45) is 2.17. The molecule has 0 aliphatic carbocycles. The standard InChI is InChI=1S/C21H31N5O4/c1-13(2)11-21(3)18(29)26(19(22)24-21)12-14-6-8-25(9-7-14)20(30)23-15-4-5-16(27)17(28)10-15/h4-5,10,13-14,27-28H,6-9,11-12H2,1-3H3,(H2,22,24)(H,23,30). The van der Waals surface area contributed by atoms with Gasteiger partial charge >= 0.3 is 6.03 Å². The topological polar surface area (TPSA) is 131 Å². The average Bonchev–Trinajstić information content (AvgIpc) is 2.87. The third-order valence-corrected chi connectivity index (χ3v) is 5.72. The number of nitrogens with zero attached hydrogens (tertiary/aromatic N) is 3. The number of nitrogens with two attached hydrogens (primary N) is 1. The number of rotatable bonds is 5. The van der Waals surface area contributed by atoms with E-state index < -0.39 is 5.54 Å². The highest BCUT2D eigenvalue weighted by molar-refractivity contribution is 6.06. The van der Waals surface area contributed by atoms with Gasteiger partial charge in [0, 0.05) is 31.4 Å². The molecule has 0 bridgehead atoms. The van der Waals surface area contributed by atoms with E-state index in [2.05, 4.69) is 24.2 Å². The lowest BCUT2D eigenvalue weighted by Crippen LogP contribution is -2.48. The van der Waals surface area contributed by atoms with Crippen molar-refractivity contribution in [2.24, 2.45) is 22.6 Å². The van der Waals surface area contributed by atoms with Crippen molar-refractivity contribution in [2.75, 3.05) is 25.0 Å². The number of amides is 3. The van der Waals surface area contributed by atoms with Crippen LogP contribution >= 0.6 is 0 Å². The Hall–Kier alpha value is -2.97. The quantitative estimate of drug-likeness (QED) is 0.431. The van der Waals surface area contributed by atoms with Crippen LogP contribution in [0.1, 0.15) is 40.0 Å². The van der Waals surface area contributed by atoms with Crippen molar-refractivity contribution in [2.45, 2.75) is 45.6 Å². The molecule has 3 rings (SSSR count). The summed E-state index contributed by atoms with van der Waals surface area (Å²) < 4.78 is 0. The minimum absolute atomic E-state index is 0.0407. The molecule has 0 aromatic heterocycles. The first-order valence-electron chi connectivity index (χ1n) is 10.3. The van der Waals surface area contributed by atoms with Gasteiger partial charge in [-0.2, -0.15) is 0 Å². The number of phenols is 2. The van der Waals surface area contributed by atoms with Gasteiger partial charge in [-0.05, 0) is 50.2 Å². The predicted octanol–water partition coefficient (Wildman–Crippen LogP) is 2.30. The number of phenolic OH excluding ortho intramolecular Hbond substituents is 2. The first-order chi connectivity index (χ1) is 14.1. The summed E-state index contributed by atoms with van der Waals surface area (Å²) in [4.78, 5) is 33.1. The molecule has 2 aliphatic rings. The lowest BCUT2D eigenvalue weighted by Gasteiger charge is -2.34. The SMILES string of the molecule is CC(C)CC1(C)N=C(N)N(CC2CCN(C(=O)Nc3ccc(O)c(O)c3)CC2)C1=O. The van der Waals surface area contributed by atoms with Crippen LogP contribution in [0.4, 0.5) is 10.5 Å². The van der Waals surface area contributed by atoms with Gasteiger partial charge in [-0.3, -0.25) is 9.69 Å². The number of hydrogen-bond donors (Lipinski definition) is 4. The van der Waals surface area contributed by atoms with Gasteiger partial charge < -0.3 is 26.2 Å². The molecule has 9 nitrogen and oxygen atoms in total. The zero-order chi connectivity index (χ0) is 22.1. The van der Waals surface area contributed by atoms with Gasteiger partial charge in [-0.15, -0.1) is 0 Å². The van der Waals surface area contributed by atoms with E-state index in [9.17, 15) is 19.8 Å². The number of nitrogens with one attached hydrogen (secondary N) is 1. The van der Waals surface area contributed by atoms with E-state index >= 15 is 0 Å². The normalized spacial score (nSPS) is 22.5. The molecular weight excluding hydrogens is 386 g/mol. The number of guanidine groups is 1. The van der Waals surface area contributed by atoms with Gasteiger partial charge in [-0.25, -0.2) is 9.79 Å². The summed E-state index contributed by atoms with van der Waals surface area (Å²) >= 11 is 0. The maximum Gasteiger partial charge on any atom is 0.321 e. The number of hydrogen-bond acceptors (Lipinski definition) is 6. The molecule has 30 heavy (non-hydrogen) atoms. The Kier molecular flexibility index (Phi) is 6.09. The maximum atomic E-state index is 12.9. The number of aliphatic imine (C=N–C) groups is 1. The molecule has 0 radical (unpaired) electrons. The molecule has 2 aliphatic heterocycles. The lowest BCUT2D eigenvalue weighted by atomic mass is 9.90. The Morgan fingerprint density at radius 1 is 1.30 bits per heavy atom. The van der Waals surface area contributed by atoms with E-state index in [0.717, 1.165) is 12.8 Å². The van der Waals surface area contributed by atoms with Crippen molar-refractivity contribution in [3.05, 3.63) is 18.2 Å². The Bertz CT molecular complexity index is 848. The smallest absolute Gasteiger partial charge is 0.321 e. The second-order valence-corrected chi connectivity index (χ2v) is 8.82. The summed E-state index contributed by atoms with van der Waals surface area (Å²) in [6, 6.07) is 3.88. The fourth-order valence-electron chi connectivity index (χ4n) is 4.24. The van der Waals surface area contributed by atoms with Crippen molar-refractivity contribution in [1.82, 2.24) is 9.80 Å². The van der Waals surface area contributed by atoms with Gasteiger partial charge in [0.1, 0.15) is 5.54 Å². The zero-order valence-corrected chi connectivity index (χ0v) is 17.8. The Balaban J connectivity index is 1.52. The van der Waals surface area contributed by atoms with Crippen LogP contribution in [0.3, 0.4) is 0 Å². The average molecular weight is 418 g/mol. The van der Waals surface area contributed by atoms with E-state index in [1.807, 2.05) is 6.92 Å². The molecule has 3 amide bonds. The molecule has 9 heteroatoms. The van der Waals surface area contributed by atoms with Crippen molar-refractivity contribution < 1.29 is 19.8 Å². The van der Waals surface area contributed by atoms with Crippen LogP contribution in [-0.2, 0) is 4.79 Å². The highest BCUT2D eigenvalue weighted by Crippen LogP contribution is 2.31. The number of anilines is 1. The van der Waals surface area contributed by atoms with Crippen LogP contribution in [-0.4, -0.2) is 63.1 Å². The van der Waals surface area contributed by atoms with Gasteiger partial charge in [-0.1, -0.05) is 13.8 Å². The summed E-state index contributed by atoms with van der Waals surface area (Å²) in [5, 5.41) is 21.6. The van der Waals surface area contributed by atoms with Crippen LogP contribution in [0.2, 0.25) is 0 Å². The Morgan fingerprint density at radius 2 is 1.97 bits per heavy atom. The number of carbonyl (C=O) groups excluding carboxylic acids is 2. The fraction of sp³-hybridized carbons (Fsp3) is 0.571. The third-order valence-electron chi connectivity index (χ3n) is 5.72. The predicted molar refractivity (Wildman–Crippen MR) is 114 cm³/mol. The lowest BCUT2D eigenvalue weighted by molar-refractivity contribution is -0.131. The van der Waals surface area contributed by atoms with Gasteiger partial charge in [0.05, 0.1) is 0 Å². The molecule has 1 unspecified atom stereocenters. The van der Waals surface area contributed by atoms with E-state index in [4.69, 9.17) is 5.73 Å². The Morgan fingerprint density at radius 3 is 2.57 bits per heavy atom. The molecule has 1 fully saturated rings. The number of aromatic hydroxyl groups is 2. The molecule has 164 valence electrons. The zero-order valence-electron chi connectivity index (χ0n) is 17.8. The molecule has 1 aromatic rings. The fourth-order valence-corrected chi connectivity index (χ4v) is 4.24. The minimum Gasteiger partial charge on any atom is -0.504 e. The van der Waals surface area contributed by atoms with Crippen LogP contribution in [0, 0.1) is 11.8 Å². The molecule has 2 heterocycles. The largest absolute Gasteiger partial charge is 0.504 e. The Labute approximate surface area is 176 Å². The van der Waals surface area contributed by atoms with Crippen LogP contribution in [0.5, 0.6) is 11.5 Å². The molecule has 5 N–H and O–H groups in total. The van der Waals surface area contributed by atoms with Crippen LogP contribution in [0.25, 0.3) is 0 Å². The van der Waals surface area contributed by atoms with Crippen LogP contribution < -0.4 is 11.1 Å². The molecule has 1 saturated heterocycles. The van der Waals surface area contributed by atoms with E-state index in [0.29, 0.717) is 37.7 Å². The maximum absolute atomic E-state index is 12.9. The first-order valence-corrected chi connectivity index (χ1v) is 10.3. The van der Waals surface area contributed by atoms with Gasteiger partial charge in [0.15, 0.2) is 17.5 Å². The second-order valence-electron chi connectivity index (χ2n) is 8.82. The molecule has 0 saturated carbocycles. The second kappa shape index (κ2) is 8.41. The number of likely N-dealkylation sites (tertiary alicyclic amines) is 1. The third kappa shape index (κ3) is 4.60. The van der Waals surface area contributed by atoms with E-state index in [-0.39, 0.29) is 35.3 Å². The van der Waals surface area contributed by atoms with Crippen molar-refractivity contribution in [3.63, 3.8) is 0 Å². The summed E-state index contributed by atoms with van der Waals surface area (Å²) in [6.45, 7) is 7.60. The van der Waals surface area contributed by atoms with Gasteiger partial charge in [0.25, 0.3) is 5.91 Å². The number of urea groups is 1. The molecule has 1 atom stereocenters. The number of piperidine rings is 1. The highest BCUT2D eigenvalue weighted by Gasteiger charge is 2.44. The summed E-state index contributed by atoms with van der Waals surface area (Å²) in [5.74, 6) is 0.304. The number of benzene rings is 1. The van der Waals surface area contributed by atoms with E-state index in [1.54, 1.807) is 9.80 Å². The van der Waals surface area contributed by atoms with Crippen molar-refractivity contribution >= 4 is 23.6 Å². The summed E-state index contributed by atoms with van der Waals surface area (Å²) in [5.41, 5.74) is 5.69. The van der Waals surface area contributed by atoms with Crippen LogP contribution in [0.15, 0.2) is 23.2 Å². The minimum atomic E-state index is -0.783. The molecule has 1 aromatic carbocycles. The van der Waals surface area contributed by atoms with Crippen molar-refractivity contribution in [1.29, 1.82) is 0 Å². The molecule has 0 spiro atoms. The monoisotopic (exact) mass is 417 g/mol. The highest BCUT2D eigenvalue weighted by atomic mass is 16.3. The number of carbonyl (C=O) groups is 2. The molecular formula is C21H31N5O4. The van der Waals surface area contributed by atoms with Gasteiger partial charge in [0.2, 0.25) is 0 Å². The first kappa shape index (κ1) is 21.7. The summed E-state index contributed by atoms with van der Waals surface area (Å²) in [7, 11) is 0. The van der Waals surface area contributed by atoms with E-state index in [1.165, 1.54) is 18.2 Å². The van der Waals surface area contributed by atoms with Crippen molar-refractivity contribution in [3.8, 4) is 11.5 Å².